The van der Waals surface area contributed by atoms with E-state index in [1.54, 1.807) is 0 Å². The van der Waals surface area contributed by atoms with Crippen molar-refractivity contribution in [1.82, 2.24) is 5.32 Å². The topological polar surface area (TPSA) is 30.5 Å². The van der Waals surface area contributed by atoms with E-state index in [0.29, 0.717) is 0 Å². The summed E-state index contributed by atoms with van der Waals surface area (Å²) in [5.74, 6) is 0. The van der Waals surface area contributed by atoms with Crippen molar-refractivity contribution in [1.29, 1.82) is 0 Å². The quantitative estimate of drug-likeness (QED) is 0.644. The lowest BCUT2D eigenvalue weighted by molar-refractivity contribution is -0.120. The lowest BCUT2D eigenvalue weighted by Gasteiger charge is -2.36. The van der Waals surface area contributed by atoms with E-state index in [1.807, 2.05) is 0 Å². The number of ether oxygens (including phenoxy) is 2. The highest BCUT2D eigenvalue weighted by atomic mass is 16.5. The molecule has 1 atom stereocenters. The van der Waals surface area contributed by atoms with Crippen LogP contribution in [0.5, 0.6) is 0 Å². The second-order valence-electron chi connectivity index (χ2n) is 5.97. The van der Waals surface area contributed by atoms with Gasteiger partial charge in [0.05, 0.1) is 18.3 Å². The van der Waals surface area contributed by atoms with Crippen molar-refractivity contribution in [3.05, 3.63) is 0 Å². The molecule has 0 bridgehead atoms. The Labute approximate surface area is 113 Å². The average Bonchev–Trinajstić information content (AvgIpc) is 2.31. The van der Waals surface area contributed by atoms with E-state index in [1.165, 1.54) is 38.5 Å². The molecular weight excluding hydrogens is 226 g/mol. The van der Waals surface area contributed by atoms with E-state index in [9.17, 15) is 0 Å². The molecule has 1 saturated heterocycles. The number of nitrogens with one attached hydrogen (secondary N) is 1. The van der Waals surface area contributed by atoms with Gasteiger partial charge >= 0.3 is 0 Å². The van der Waals surface area contributed by atoms with Gasteiger partial charge in [-0.1, -0.05) is 39.0 Å². The summed E-state index contributed by atoms with van der Waals surface area (Å²) in [5, 5.41) is 3.40. The number of hydrogen-bond donors (Lipinski definition) is 1. The van der Waals surface area contributed by atoms with E-state index in [-0.39, 0.29) is 11.7 Å². The summed E-state index contributed by atoms with van der Waals surface area (Å²) >= 11 is 0. The van der Waals surface area contributed by atoms with Crippen LogP contribution >= 0.6 is 0 Å². The van der Waals surface area contributed by atoms with Crippen LogP contribution in [0.2, 0.25) is 0 Å². The first kappa shape index (κ1) is 15.9. The maximum Gasteiger partial charge on any atom is 0.0940 e. The standard InChI is InChI=1S/C15H31NO2/c1-4-5-6-7-8-9-10-17-12-14-11-16-13-15(2,3)18-14/h14,16H,4-13H2,1-3H3. The summed E-state index contributed by atoms with van der Waals surface area (Å²) < 4.78 is 11.7. The molecule has 1 heterocycles. The molecule has 0 aliphatic carbocycles. The number of rotatable bonds is 9. The molecule has 1 fully saturated rings. The van der Waals surface area contributed by atoms with Gasteiger partial charge in [0.15, 0.2) is 0 Å². The molecule has 0 spiro atoms. The number of unbranched alkanes of at least 4 members (excludes halogenated alkanes) is 5. The van der Waals surface area contributed by atoms with Gasteiger partial charge in [-0.2, -0.15) is 0 Å². The molecule has 0 amide bonds. The molecule has 1 N–H and O–H groups in total. The highest BCUT2D eigenvalue weighted by Gasteiger charge is 2.28. The molecule has 1 rings (SSSR count). The second-order valence-corrected chi connectivity index (χ2v) is 5.97. The highest BCUT2D eigenvalue weighted by Crippen LogP contribution is 2.15. The van der Waals surface area contributed by atoms with E-state index in [0.717, 1.165) is 26.3 Å². The van der Waals surface area contributed by atoms with Crippen molar-refractivity contribution < 1.29 is 9.47 Å². The van der Waals surface area contributed by atoms with Crippen LogP contribution in [0, 0.1) is 0 Å². The zero-order chi connectivity index (χ0) is 13.3. The Hall–Kier alpha value is -0.120. The third-order valence-corrected chi connectivity index (χ3v) is 3.35. The summed E-state index contributed by atoms with van der Waals surface area (Å²) in [6, 6.07) is 0. The largest absolute Gasteiger partial charge is 0.379 e. The molecule has 0 aromatic heterocycles. The Balaban J connectivity index is 1.91. The molecule has 18 heavy (non-hydrogen) atoms. The first-order valence-electron chi connectivity index (χ1n) is 7.60. The van der Waals surface area contributed by atoms with E-state index in [2.05, 4.69) is 26.1 Å². The predicted molar refractivity (Wildman–Crippen MR) is 76.0 cm³/mol. The van der Waals surface area contributed by atoms with Crippen LogP contribution in [0.25, 0.3) is 0 Å². The first-order valence-corrected chi connectivity index (χ1v) is 7.60. The molecular formula is C15H31NO2. The lowest BCUT2D eigenvalue weighted by Crippen LogP contribution is -2.51. The summed E-state index contributed by atoms with van der Waals surface area (Å²) in [4.78, 5) is 0. The Kier molecular flexibility index (Phi) is 7.87. The van der Waals surface area contributed by atoms with Crippen LogP contribution in [-0.4, -0.2) is 38.0 Å². The Bertz CT molecular complexity index is 207. The fraction of sp³-hybridized carbons (Fsp3) is 1.00. The zero-order valence-electron chi connectivity index (χ0n) is 12.5. The van der Waals surface area contributed by atoms with Crippen molar-refractivity contribution in [3.8, 4) is 0 Å². The maximum absolute atomic E-state index is 5.95. The van der Waals surface area contributed by atoms with E-state index >= 15 is 0 Å². The predicted octanol–water partition coefficient (Wildman–Crippen LogP) is 3.13. The van der Waals surface area contributed by atoms with Gasteiger partial charge in [-0.15, -0.1) is 0 Å². The van der Waals surface area contributed by atoms with Crippen LogP contribution < -0.4 is 5.32 Å². The molecule has 0 aromatic rings. The Morgan fingerprint density at radius 1 is 1.17 bits per heavy atom. The van der Waals surface area contributed by atoms with Gasteiger partial charge in [0, 0.05) is 19.7 Å². The normalized spacial score (nSPS) is 23.2. The third kappa shape index (κ3) is 7.34. The van der Waals surface area contributed by atoms with Crippen molar-refractivity contribution in [2.24, 2.45) is 0 Å². The summed E-state index contributed by atoms with van der Waals surface area (Å²) in [6.07, 6.45) is 8.12. The fourth-order valence-electron chi connectivity index (χ4n) is 2.36. The highest BCUT2D eigenvalue weighted by molar-refractivity contribution is 4.81. The van der Waals surface area contributed by atoms with Gasteiger partial charge in [-0.3, -0.25) is 0 Å². The minimum Gasteiger partial charge on any atom is -0.379 e. The Morgan fingerprint density at radius 3 is 2.61 bits per heavy atom. The van der Waals surface area contributed by atoms with Crippen LogP contribution in [-0.2, 0) is 9.47 Å². The molecule has 1 aliphatic rings. The molecule has 0 saturated carbocycles. The van der Waals surface area contributed by atoms with Crippen LogP contribution in [0.3, 0.4) is 0 Å². The van der Waals surface area contributed by atoms with Crippen LogP contribution in [0.15, 0.2) is 0 Å². The molecule has 3 heteroatoms. The minimum atomic E-state index is -0.0492. The van der Waals surface area contributed by atoms with Crippen molar-refractivity contribution in [2.75, 3.05) is 26.3 Å². The van der Waals surface area contributed by atoms with Crippen molar-refractivity contribution in [2.45, 2.75) is 71.0 Å². The molecule has 0 radical (unpaired) electrons. The smallest absolute Gasteiger partial charge is 0.0940 e. The van der Waals surface area contributed by atoms with Gasteiger partial charge in [-0.05, 0) is 20.3 Å². The maximum atomic E-state index is 5.95. The van der Waals surface area contributed by atoms with Gasteiger partial charge in [0.1, 0.15) is 0 Å². The molecule has 1 unspecified atom stereocenters. The molecule has 3 nitrogen and oxygen atoms in total. The van der Waals surface area contributed by atoms with Crippen molar-refractivity contribution >= 4 is 0 Å². The van der Waals surface area contributed by atoms with Crippen molar-refractivity contribution in [3.63, 3.8) is 0 Å². The summed E-state index contributed by atoms with van der Waals surface area (Å²) in [6.45, 7) is 9.96. The Morgan fingerprint density at radius 2 is 1.89 bits per heavy atom. The first-order chi connectivity index (χ1) is 8.64. The van der Waals surface area contributed by atoms with Crippen LogP contribution in [0.4, 0.5) is 0 Å². The number of morpholine rings is 1. The van der Waals surface area contributed by atoms with Gasteiger partial charge < -0.3 is 14.8 Å². The second kappa shape index (κ2) is 8.89. The monoisotopic (exact) mass is 257 g/mol. The third-order valence-electron chi connectivity index (χ3n) is 3.35. The summed E-state index contributed by atoms with van der Waals surface area (Å²) in [7, 11) is 0. The molecule has 1 aliphatic heterocycles. The van der Waals surface area contributed by atoms with E-state index < -0.39 is 0 Å². The number of hydrogen-bond acceptors (Lipinski definition) is 3. The summed E-state index contributed by atoms with van der Waals surface area (Å²) in [5.41, 5.74) is -0.0492. The van der Waals surface area contributed by atoms with Gasteiger partial charge in [-0.25, -0.2) is 0 Å². The van der Waals surface area contributed by atoms with E-state index in [4.69, 9.17) is 9.47 Å². The lowest BCUT2D eigenvalue weighted by atomic mass is 10.1. The molecule has 108 valence electrons. The van der Waals surface area contributed by atoms with Gasteiger partial charge in [0.25, 0.3) is 0 Å². The SMILES string of the molecule is CCCCCCCCOCC1CNCC(C)(C)O1. The van der Waals surface area contributed by atoms with Crippen LogP contribution in [0.1, 0.15) is 59.3 Å². The average molecular weight is 257 g/mol. The fourth-order valence-corrected chi connectivity index (χ4v) is 2.36. The van der Waals surface area contributed by atoms with Gasteiger partial charge in [0.2, 0.25) is 0 Å². The zero-order valence-corrected chi connectivity index (χ0v) is 12.5. The minimum absolute atomic E-state index is 0.0492. The molecule has 0 aromatic carbocycles.